The number of phenolic OH excluding ortho intramolecular Hbond substituents is 2. The minimum absolute atomic E-state index is 0.0904. The lowest BCUT2D eigenvalue weighted by atomic mass is 9.82. The van der Waals surface area contributed by atoms with E-state index in [0.717, 1.165) is 38.2 Å². The number of hydrogen-bond acceptors (Lipinski definition) is 4. The van der Waals surface area contributed by atoms with Crippen molar-refractivity contribution in [1.29, 1.82) is 0 Å². The first-order chi connectivity index (χ1) is 8.59. The Morgan fingerprint density at radius 2 is 2.00 bits per heavy atom. The van der Waals surface area contributed by atoms with Gasteiger partial charge >= 0.3 is 0 Å². The first-order valence-corrected chi connectivity index (χ1v) is 6.38. The molecule has 4 nitrogen and oxygen atoms in total. The fraction of sp³-hybridized carbons (Fsp3) is 0.571. The van der Waals surface area contributed by atoms with Gasteiger partial charge in [0.05, 0.1) is 0 Å². The van der Waals surface area contributed by atoms with Crippen LogP contribution in [0.5, 0.6) is 11.5 Å². The van der Waals surface area contributed by atoms with Gasteiger partial charge in [0.2, 0.25) is 0 Å². The average Bonchev–Trinajstić information content (AvgIpc) is 2.33. The molecule has 100 valence electrons. The molecule has 3 N–H and O–H groups in total. The molecule has 0 aromatic heterocycles. The fourth-order valence-corrected chi connectivity index (χ4v) is 2.24. The maximum Gasteiger partial charge on any atom is 0.123 e. The molecule has 0 atom stereocenters. The van der Waals surface area contributed by atoms with Gasteiger partial charge in [0.25, 0.3) is 0 Å². The first kappa shape index (κ1) is 13.2. The van der Waals surface area contributed by atoms with Crippen LogP contribution in [0.2, 0.25) is 0 Å². The SMILES string of the molecule is CC1(CNCc2ccc(O)cc2O)CCOCC1. The Kier molecular flexibility index (Phi) is 4.09. The van der Waals surface area contributed by atoms with Gasteiger partial charge in [-0.15, -0.1) is 0 Å². The van der Waals surface area contributed by atoms with Crippen LogP contribution in [-0.4, -0.2) is 30.0 Å². The highest BCUT2D eigenvalue weighted by atomic mass is 16.5. The van der Waals surface area contributed by atoms with Crippen LogP contribution in [0.25, 0.3) is 0 Å². The molecule has 2 rings (SSSR count). The highest BCUT2D eigenvalue weighted by Gasteiger charge is 2.26. The van der Waals surface area contributed by atoms with Crippen molar-refractivity contribution in [3.05, 3.63) is 23.8 Å². The predicted molar refractivity (Wildman–Crippen MR) is 69.6 cm³/mol. The Labute approximate surface area is 108 Å². The van der Waals surface area contributed by atoms with Crippen LogP contribution < -0.4 is 5.32 Å². The Morgan fingerprint density at radius 3 is 2.67 bits per heavy atom. The quantitative estimate of drug-likeness (QED) is 0.766. The maximum absolute atomic E-state index is 9.67. The Morgan fingerprint density at radius 1 is 1.28 bits per heavy atom. The standard InChI is InChI=1S/C14H21NO3/c1-14(4-6-18-7-5-14)10-15-9-11-2-3-12(16)8-13(11)17/h2-3,8,15-17H,4-7,9-10H2,1H3. The van der Waals surface area contributed by atoms with Crippen molar-refractivity contribution < 1.29 is 14.9 Å². The van der Waals surface area contributed by atoms with Gasteiger partial charge in [-0.05, 0) is 24.3 Å². The average molecular weight is 251 g/mol. The van der Waals surface area contributed by atoms with Gasteiger partial charge in [-0.2, -0.15) is 0 Å². The molecule has 1 fully saturated rings. The molecule has 1 aromatic carbocycles. The molecule has 0 amide bonds. The molecule has 0 bridgehead atoms. The molecular weight excluding hydrogens is 230 g/mol. The zero-order valence-corrected chi connectivity index (χ0v) is 10.8. The van der Waals surface area contributed by atoms with Crippen molar-refractivity contribution >= 4 is 0 Å². The molecule has 1 aromatic rings. The van der Waals surface area contributed by atoms with Gasteiger partial charge in [0.15, 0.2) is 0 Å². The molecule has 1 heterocycles. The van der Waals surface area contributed by atoms with Crippen molar-refractivity contribution in [3.8, 4) is 11.5 Å². The van der Waals surface area contributed by atoms with E-state index in [-0.39, 0.29) is 16.9 Å². The second-order valence-corrected chi connectivity index (χ2v) is 5.34. The first-order valence-electron chi connectivity index (χ1n) is 6.38. The Balaban J connectivity index is 1.84. The number of benzene rings is 1. The minimum Gasteiger partial charge on any atom is -0.508 e. The molecule has 0 saturated carbocycles. The summed E-state index contributed by atoms with van der Waals surface area (Å²) in [6.45, 7) is 5.46. The zero-order chi connectivity index (χ0) is 13.0. The summed E-state index contributed by atoms with van der Waals surface area (Å²) in [4.78, 5) is 0. The van der Waals surface area contributed by atoms with E-state index in [1.54, 1.807) is 12.1 Å². The van der Waals surface area contributed by atoms with E-state index in [1.165, 1.54) is 6.07 Å². The van der Waals surface area contributed by atoms with Gasteiger partial charge in [0.1, 0.15) is 11.5 Å². The van der Waals surface area contributed by atoms with E-state index in [4.69, 9.17) is 4.74 Å². The van der Waals surface area contributed by atoms with E-state index in [1.807, 2.05) is 0 Å². The lowest BCUT2D eigenvalue weighted by Crippen LogP contribution is -2.36. The molecule has 1 saturated heterocycles. The summed E-state index contributed by atoms with van der Waals surface area (Å²) >= 11 is 0. The summed E-state index contributed by atoms with van der Waals surface area (Å²) in [5.41, 5.74) is 1.09. The summed E-state index contributed by atoms with van der Waals surface area (Å²) in [7, 11) is 0. The predicted octanol–water partition coefficient (Wildman–Crippen LogP) is 2.00. The van der Waals surface area contributed by atoms with E-state index >= 15 is 0 Å². The van der Waals surface area contributed by atoms with Gasteiger partial charge in [-0.3, -0.25) is 0 Å². The van der Waals surface area contributed by atoms with Gasteiger partial charge < -0.3 is 20.3 Å². The summed E-state index contributed by atoms with van der Waals surface area (Å²) < 4.78 is 5.37. The molecule has 0 radical (unpaired) electrons. The van der Waals surface area contributed by atoms with Crippen molar-refractivity contribution in [2.24, 2.45) is 5.41 Å². The molecule has 1 aliphatic rings. The van der Waals surface area contributed by atoms with E-state index in [0.29, 0.717) is 6.54 Å². The molecule has 0 spiro atoms. The Hall–Kier alpha value is -1.26. The number of phenols is 2. The lowest BCUT2D eigenvalue weighted by molar-refractivity contribution is 0.0240. The van der Waals surface area contributed by atoms with Crippen LogP contribution in [0.3, 0.4) is 0 Å². The van der Waals surface area contributed by atoms with Crippen LogP contribution in [0.1, 0.15) is 25.3 Å². The highest BCUT2D eigenvalue weighted by molar-refractivity contribution is 5.38. The summed E-state index contributed by atoms with van der Waals surface area (Å²) in [5, 5.41) is 22.3. The third-order valence-electron chi connectivity index (χ3n) is 3.64. The van der Waals surface area contributed by atoms with E-state index in [2.05, 4.69) is 12.2 Å². The number of nitrogens with one attached hydrogen (secondary N) is 1. The van der Waals surface area contributed by atoms with E-state index < -0.39 is 0 Å². The summed E-state index contributed by atoms with van der Waals surface area (Å²) in [6, 6.07) is 4.70. The van der Waals surface area contributed by atoms with Crippen molar-refractivity contribution in [2.45, 2.75) is 26.3 Å². The third-order valence-corrected chi connectivity index (χ3v) is 3.64. The summed E-state index contributed by atoms with van der Waals surface area (Å²) in [6.07, 6.45) is 2.14. The molecule has 1 aliphatic heterocycles. The molecule has 0 unspecified atom stereocenters. The Bertz CT molecular complexity index is 400. The maximum atomic E-state index is 9.67. The summed E-state index contributed by atoms with van der Waals surface area (Å²) in [5.74, 6) is 0.229. The van der Waals surface area contributed by atoms with Gasteiger partial charge in [-0.25, -0.2) is 0 Å². The van der Waals surface area contributed by atoms with Crippen LogP contribution >= 0.6 is 0 Å². The van der Waals surface area contributed by atoms with Crippen LogP contribution in [0, 0.1) is 5.41 Å². The van der Waals surface area contributed by atoms with E-state index in [9.17, 15) is 10.2 Å². The van der Waals surface area contributed by atoms with Crippen molar-refractivity contribution in [1.82, 2.24) is 5.32 Å². The number of rotatable bonds is 4. The molecule has 18 heavy (non-hydrogen) atoms. The van der Waals surface area contributed by atoms with Crippen LogP contribution in [0.4, 0.5) is 0 Å². The third kappa shape index (κ3) is 3.37. The second-order valence-electron chi connectivity index (χ2n) is 5.34. The molecule has 4 heteroatoms. The minimum atomic E-state index is 0.0904. The van der Waals surface area contributed by atoms with Gasteiger partial charge in [-0.1, -0.05) is 13.0 Å². The fourth-order valence-electron chi connectivity index (χ4n) is 2.24. The second kappa shape index (κ2) is 5.59. The topological polar surface area (TPSA) is 61.7 Å². The highest BCUT2D eigenvalue weighted by Crippen LogP contribution is 2.29. The smallest absolute Gasteiger partial charge is 0.123 e. The normalized spacial score (nSPS) is 18.7. The number of aromatic hydroxyl groups is 2. The molecule has 0 aliphatic carbocycles. The van der Waals surface area contributed by atoms with Crippen LogP contribution in [0.15, 0.2) is 18.2 Å². The van der Waals surface area contributed by atoms with Crippen LogP contribution in [-0.2, 0) is 11.3 Å². The molecular formula is C14H21NO3. The van der Waals surface area contributed by atoms with Crippen molar-refractivity contribution in [2.75, 3.05) is 19.8 Å². The number of hydrogen-bond donors (Lipinski definition) is 3. The number of ether oxygens (including phenoxy) is 1. The lowest BCUT2D eigenvalue weighted by Gasteiger charge is -2.33. The largest absolute Gasteiger partial charge is 0.508 e. The van der Waals surface area contributed by atoms with Crippen molar-refractivity contribution in [3.63, 3.8) is 0 Å². The zero-order valence-electron chi connectivity index (χ0n) is 10.8. The van der Waals surface area contributed by atoms with Gasteiger partial charge in [0, 0.05) is 37.9 Å². The monoisotopic (exact) mass is 251 g/mol.